The topological polar surface area (TPSA) is 7.76 Å². The number of rotatable bonds is 6. The molecule has 34 heavy (non-hydrogen) atoms. The molecule has 0 spiro atoms. The van der Waals surface area contributed by atoms with E-state index in [-0.39, 0.29) is 5.41 Å². The number of hydrogen-bond donors (Lipinski definition) is 0. The lowest BCUT2D eigenvalue weighted by Gasteiger charge is -2.28. The monoisotopic (exact) mass is 466 g/mol. The zero-order chi connectivity index (χ0) is 24.5. The molecule has 0 fully saturated rings. The van der Waals surface area contributed by atoms with Crippen molar-refractivity contribution in [1.29, 1.82) is 0 Å². The third kappa shape index (κ3) is 4.25. The maximum absolute atomic E-state index is 2.53. The minimum Gasteiger partial charge on any atom is -0.210 e. The van der Waals surface area contributed by atoms with Crippen molar-refractivity contribution in [2.45, 2.75) is 45.7 Å². The second kappa shape index (κ2) is 9.30. The molecule has 0 aliphatic carbocycles. The Kier molecular flexibility index (Phi) is 6.59. The fourth-order valence-electron chi connectivity index (χ4n) is 5.82. The minimum atomic E-state index is -2.09. The predicted octanol–water partition coefficient (Wildman–Crippen LogP) is 4.25. The highest BCUT2D eigenvalue weighted by atomic mass is 28.3. The van der Waals surface area contributed by atoms with Crippen LogP contribution in [0.2, 0.25) is 6.55 Å². The van der Waals surface area contributed by atoms with Gasteiger partial charge in [-0.3, -0.25) is 0 Å². The van der Waals surface area contributed by atoms with Gasteiger partial charge in [-0.05, 0) is 56.1 Å². The number of hydrogen-bond acceptors (Lipinski definition) is 0. The lowest BCUT2D eigenvalue weighted by molar-refractivity contribution is -0.688. The van der Waals surface area contributed by atoms with Gasteiger partial charge in [0.15, 0.2) is 22.9 Å². The van der Waals surface area contributed by atoms with E-state index in [4.69, 9.17) is 0 Å². The van der Waals surface area contributed by atoms with Crippen LogP contribution in [0.15, 0.2) is 91.1 Å². The van der Waals surface area contributed by atoms with Crippen LogP contribution in [-0.4, -0.2) is 8.07 Å². The normalized spacial score (nSPS) is 13.5. The molecule has 174 valence electrons. The molecule has 0 radical (unpaired) electrons. The van der Waals surface area contributed by atoms with Crippen LogP contribution in [-0.2, 0) is 25.6 Å². The molecule has 1 atom stereocenters. The van der Waals surface area contributed by atoms with Gasteiger partial charge in [-0.1, -0.05) is 66.7 Å². The van der Waals surface area contributed by atoms with Gasteiger partial charge in [0, 0.05) is 24.2 Å². The minimum absolute atomic E-state index is 0.0891. The van der Waals surface area contributed by atoms with Crippen molar-refractivity contribution in [3.05, 3.63) is 119 Å². The Morgan fingerprint density at radius 3 is 2.06 bits per heavy atom. The van der Waals surface area contributed by atoms with Gasteiger partial charge in [0.2, 0.25) is 8.07 Å². The zero-order valence-corrected chi connectivity index (χ0v) is 22.8. The Hall–Kier alpha value is -3.04. The van der Waals surface area contributed by atoms with Crippen LogP contribution in [0, 0.1) is 13.8 Å². The summed E-state index contributed by atoms with van der Waals surface area (Å²) in [5, 5.41) is 2.97. The van der Waals surface area contributed by atoms with Gasteiger partial charge in [-0.2, -0.15) is 0 Å². The molecular formula is C31H38N2Si+2. The summed E-state index contributed by atoms with van der Waals surface area (Å²) in [5.41, 5.74) is 6.76. The molecule has 1 unspecified atom stereocenters. The van der Waals surface area contributed by atoms with E-state index in [0.29, 0.717) is 0 Å². The average Bonchev–Trinajstić information content (AvgIpc) is 2.81. The van der Waals surface area contributed by atoms with Crippen molar-refractivity contribution in [2.24, 2.45) is 14.1 Å². The lowest BCUT2D eigenvalue weighted by atomic mass is 9.78. The molecule has 0 bridgehead atoms. The molecule has 0 N–H and O–H groups in total. The molecule has 2 nitrogen and oxygen atoms in total. The first kappa shape index (κ1) is 24.1. The van der Waals surface area contributed by atoms with E-state index in [1.54, 1.807) is 0 Å². The van der Waals surface area contributed by atoms with E-state index in [9.17, 15) is 0 Å². The summed E-state index contributed by atoms with van der Waals surface area (Å²) >= 11 is 0. The molecule has 0 saturated carbocycles. The van der Waals surface area contributed by atoms with E-state index in [2.05, 4.69) is 149 Å². The fraction of sp³-hybridized carbons (Fsp3) is 0.290. The Bertz CT molecular complexity index is 1280. The first-order valence-corrected chi connectivity index (χ1v) is 14.9. The molecule has 2 aromatic heterocycles. The number of benzene rings is 2. The predicted molar refractivity (Wildman–Crippen MR) is 144 cm³/mol. The maximum Gasteiger partial charge on any atom is 0.206 e. The Morgan fingerprint density at radius 1 is 0.735 bits per heavy atom. The molecular weight excluding hydrogens is 428 g/mol. The zero-order valence-electron chi connectivity index (χ0n) is 21.8. The third-order valence-electron chi connectivity index (χ3n) is 7.69. The van der Waals surface area contributed by atoms with Crippen LogP contribution in [0.25, 0.3) is 0 Å². The molecule has 0 aliphatic rings. The lowest BCUT2D eigenvalue weighted by Crippen LogP contribution is -2.69. The summed E-state index contributed by atoms with van der Waals surface area (Å²) in [6, 6.07) is 32.3. The average molecular weight is 467 g/mol. The van der Waals surface area contributed by atoms with Gasteiger partial charge >= 0.3 is 0 Å². The van der Waals surface area contributed by atoms with Crippen LogP contribution in [0.3, 0.4) is 0 Å². The van der Waals surface area contributed by atoms with Crippen molar-refractivity contribution in [2.75, 3.05) is 0 Å². The van der Waals surface area contributed by atoms with Crippen molar-refractivity contribution < 1.29 is 9.13 Å². The summed E-state index contributed by atoms with van der Waals surface area (Å²) in [7, 11) is 2.35. The van der Waals surface area contributed by atoms with Gasteiger partial charge in [-0.15, -0.1) is 0 Å². The molecule has 3 heteroatoms. The summed E-state index contributed by atoms with van der Waals surface area (Å²) in [6.45, 7) is 11.7. The van der Waals surface area contributed by atoms with Gasteiger partial charge in [0.05, 0.1) is 5.41 Å². The molecule has 2 aromatic carbocycles. The smallest absolute Gasteiger partial charge is 0.206 e. The van der Waals surface area contributed by atoms with E-state index in [1.165, 1.54) is 38.6 Å². The second-order valence-corrected chi connectivity index (χ2v) is 14.5. The first-order chi connectivity index (χ1) is 16.2. The molecule has 2 heterocycles. The molecule has 0 saturated heterocycles. The van der Waals surface area contributed by atoms with Crippen molar-refractivity contribution in [1.82, 2.24) is 0 Å². The van der Waals surface area contributed by atoms with Crippen LogP contribution in [0.5, 0.6) is 0 Å². The van der Waals surface area contributed by atoms with Crippen LogP contribution in [0.1, 0.15) is 41.9 Å². The highest BCUT2D eigenvalue weighted by molar-refractivity contribution is 7.00. The largest absolute Gasteiger partial charge is 0.210 e. The van der Waals surface area contributed by atoms with E-state index in [0.717, 1.165) is 6.04 Å². The van der Waals surface area contributed by atoms with Gasteiger partial charge in [0.25, 0.3) is 0 Å². The van der Waals surface area contributed by atoms with E-state index < -0.39 is 8.07 Å². The summed E-state index contributed by atoms with van der Waals surface area (Å²) in [4.78, 5) is 0. The molecule has 0 aliphatic heterocycles. The van der Waals surface area contributed by atoms with Gasteiger partial charge in [-0.25, -0.2) is 9.13 Å². The first-order valence-electron chi connectivity index (χ1n) is 12.2. The van der Waals surface area contributed by atoms with Crippen molar-refractivity contribution in [3.63, 3.8) is 0 Å². The maximum atomic E-state index is 2.53. The highest BCUT2D eigenvalue weighted by Crippen LogP contribution is 2.31. The Morgan fingerprint density at radius 2 is 1.38 bits per heavy atom. The highest BCUT2D eigenvalue weighted by Gasteiger charge is 2.43. The SMILES string of the molecule is Cc1ccccc1C(C)(C)c1cccc(C[Si](C)(c2ccccc2C)c2cccc[n+]2C)[n+]1C. The summed E-state index contributed by atoms with van der Waals surface area (Å²) < 4.78 is 4.79. The number of aromatic nitrogens is 2. The Balaban J connectivity index is 1.87. The molecule has 4 aromatic rings. The summed E-state index contributed by atoms with van der Waals surface area (Å²) in [5.74, 6) is 0. The van der Waals surface area contributed by atoms with Gasteiger partial charge in [0.1, 0.15) is 14.1 Å². The van der Waals surface area contributed by atoms with Crippen LogP contribution >= 0.6 is 0 Å². The number of nitrogens with zero attached hydrogens (tertiary/aromatic N) is 2. The third-order valence-corrected chi connectivity index (χ3v) is 12.2. The van der Waals surface area contributed by atoms with E-state index in [1.807, 2.05) is 0 Å². The van der Waals surface area contributed by atoms with Gasteiger partial charge < -0.3 is 0 Å². The van der Waals surface area contributed by atoms with Crippen molar-refractivity contribution in [3.8, 4) is 0 Å². The quantitative estimate of drug-likeness (QED) is 0.296. The second-order valence-electron chi connectivity index (χ2n) is 10.4. The fourth-order valence-corrected chi connectivity index (χ4v) is 10.3. The number of aryl methyl sites for hydroxylation is 3. The van der Waals surface area contributed by atoms with E-state index >= 15 is 0 Å². The standard InChI is InChI=1S/C31H38N2Si/c1-24-15-8-10-18-27(24)31(3,4)29-20-14-17-26(33(29)6)23-34(7,28-19-11-9-16-25(28)2)30-21-12-13-22-32(30)5/h8-22H,23H2,1-7H3/q+2. The number of pyridine rings is 2. The molecule has 4 rings (SSSR count). The van der Waals surface area contributed by atoms with Crippen LogP contribution in [0.4, 0.5) is 0 Å². The Labute approximate surface area is 206 Å². The van der Waals surface area contributed by atoms with Crippen LogP contribution < -0.4 is 19.6 Å². The molecule has 0 amide bonds. The summed E-state index contributed by atoms with van der Waals surface area (Å²) in [6.07, 6.45) is 2.19. The van der Waals surface area contributed by atoms with Crippen molar-refractivity contribution >= 4 is 18.6 Å².